The maximum atomic E-state index is 11.1. The number of nitrogens with zero attached hydrogens (tertiary/aromatic N) is 2. The second-order valence-electron chi connectivity index (χ2n) is 2.80. The Bertz CT molecular complexity index is 316. The van der Waals surface area contributed by atoms with Crippen molar-refractivity contribution in [2.24, 2.45) is 0 Å². The van der Waals surface area contributed by atoms with Crippen LogP contribution < -0.4 is 10.5 Å². The summed E-state index contributed by atoms with van der Waals surface area (Å²) in [5.41, 5.74) is -0.0921. The third-order valence-corrected chi connectivity index (χ3v) is 1.57. The smallest absolute Gasteiger partial charge is 0.252 e. The number of rotatable bonds is 2. The van der Waals surface area contributed by atoms with Gasteiger partial charge in [0.2, 0.25) is 0 Å². The van der Waals surface area contributed by atoms with Crippen molar-refractivity contribution >= 4 is 5.82 Å². The van der Waals surface area contributed by atoms with Gasteiger partial charge in [-0.15, -0.1) is 0 Å². The summed E-state index contributed by atoms with van der Waals surface area (Å²) in [4.78, 5) is 19.7. The summed E-state index contributed by atoms with van der Waals surface area (Å²) in [7, 11) is 3.72. The summed E-state index contributed by atoms with van der Waals surface area (Å²) in [6, 6.07) is 1.49. The number of anilines is 1. The number of hydrogen-bond donors (Lipinski definition) is 1. The van der Waals surface area contributed by atoms with E-state index in [2.05, 4.69) is 9.97 Å². The van der Waals surface area contributed by atoms with Gasteiger partial charge >= 0.3 is 0 Å². The van der Waals surface area contributed by atoms with Crippen LogP contribution in [-0.4, -0.2) is 24.1 Å². The van der Waals surface area contributed by atoms with Crippen LogP contribution >= 0.6 is 0 Å². The maximum absolute atomic E-state index is 11.1. The van der Waals surface area contributed by atoms with Crippen LogP contribution in [0.2, 0.25) is 0 Å². The first-order valence-corrected chi connectivity index (χ1v) is 3.91. The molecule has 0 amide bonds. The lowest BCUT2D eigenvalue weighted by molar-refractivity contribution is 0.899. The highest BCUT2D eigenvalue weighted by molar-refractivity contribution is 5.34. The molecule has 1 heterocycles. The molecule has 1 rings (SSSR count). The molecule has 0 spiro atoms. The third-order valence-electron chi connectivity index (χ3n) is 1.57. The van der Waals surface area contributed by atoms with E-state index in [-0.39, 0.29) is 5.56 Å². The highest BCUT2D eigenvalue weighted by atomic mass is 16.1. The first-order valence-electron chi connectivity index (χ1n) is 3.91. The third kappa shape index (κ3) is 1.84. The first kappa shape index (κ1) is 8.77. The number of nitrogens with one attached hydrogen (secondary N) is 1. The molecule has 12 heavy (non-hydrogen) atoms. The fourth-order valence-electron chi connectivity index (χ4n) is 0.891. The minimum absolute atomic E-state index is 0.0921. The normalized spacial score (nSPS) is 9.92. The van der Waals surface area contributed by atoms with E-state index in [9.17, 15) is 4.79 Å². The number of aryl methyl sites for hydroxylation is 1. The predicted molar refractivity (Wildman–Crippen MR) is 48.6 cm³/mol. The van der Waals surface area contributed by atoms with Crippen molar-refractivity contribution in [3.63, 3.8) is 0 Å². The quantitative estimate of drug-likeness (QED) is 0.693. The fraction of sp³-hybridized carbons (Fsp3) is 0.500. The van der Waals surface area contributed by atoms with E-state index in [0.717, 1.165) is 12.2 Å². The molecule has 1 aromatic rings. The lowest BCUT2D eigenvalue weighted by Crippen LogP contribution is -2.17. The largest absolute Gasteiger partial charge is 0.363 e. The van der Waals surface area contributed by atoms with E-state index >= 15 is 0 Å². The van der Waals surface area contributed by atoms with Crippen molar-refractivity contribution < 1.29 is 0 Å². The molecule has 0 unspecified atom stereocenters. The Hall–Kier alpha value is -1.32. The summed E-state index contributed by atoms with van der Waals surface area (Å²) in [6.45, 7) is 1.96. The van der Waals surface area contributed by atoms with Gasteiger partial charge in [0.25, 0.3) is 5.56 Å². The number of aromatic nitrogens is 2. The van der Waals surface area contributed by atoms with Crippen LogP contribution in [0.4, 0.5) is 5.82 Å². The van der Waals surface area contributed by atoms with Gasteiger partial charge in [0.1, 0.15) is 11.6 Å². The van der Waals surface area contributed by atoms with Crippen LogP contribution in [0.3, 0.4) is 0 Å². The Morgan fingerprint density at radius 3 is 2.75 bits per heavy atom. The average molecular weight is 167 g/mol. The SMILES string of the molecule is CCc1nc(N(C)C)cc(=O)[nH]1. The summed E-state index contributed by atoms with van der Waals surface area (Å²) in [5.74, 6) is 1.43. The van der Waals surface area contributed by atoms with E-state index in [0.29, 0.717) is 5.82 Å². The zero-order chi connectivity index (χ0) is 9.14. The van der Waals surface area contributed by atoms with Crippen molar-refractivity contribution in [1.29, 1.82) is 0 Å². The Morgan fingerprint density at radius 1 is 1.58 bits per heavy atom. The van der Waals surface area contributed by atoms with E-state index in [1.54, 1.807) is 0 Å². The molecule has 4 heteroatoms. The van der Waals surface area contributed by atoms with E-state index in [4.69, 9.17) is 0 Å². The minimum Gasteiger partial charge on any atom is -0.363 e. The van der Waals surface area contributed by atoms with Crippen LogP contribution in [0.15, 0.2) is 10.9 Å². The zero-order valence-electron chi connectivity index (χ0n) is 7.59. The van der Waals surface area contributed by atoms with E-state index in [1.807, 2.05) is 25.9 Å². The highest BCUT2D eigenvalue weighted by Gasteiger charge is 2.00. The molecule has 0 aliphatic rings. The molecule has 0 aromatic carbocycles. The summed E-state index contributed by atoms with van der Waals surface area (Å²) >= 11 is 0. The monoisotopic (exact) mass is 167 g/mol. The summed E-state index contributed by atoms with van der Waals surface area (Å²) in [6.07, 6.45) is 0.747. The van der Waals surface area contributed by atoms with Gasteiger partial charge in [0, 0.05) is 26.6 Å². The number of H-pyrrole nitrogens is 1. The molecule has 0 atom stereocenters. The van der Waals surface area contributed by atoms with Crippen molar-refractivity contribution in [1.82, 2.24) is 9.97 Å². The second-order valence-corrected chi connectivity index (χ2v) is 2.80. The predicted octanol–water partition coefficient (Wildman–Crippen LogP) is 0.398. The number of hydrogen-bond acceptors (Lipinski definition) is 3. The number of aromatic amines is 1. The van der Waals surface area contributed by atoms with Gasteiger partial charge in [-0.25, -0.2) is 4.98 Å². The maximum Gasteiger partial charge on any atom is 0.252 e. The molecule has 0 saturated heterocycles. The van der Waals surface area contributed by atoms with Gasteiger partial charge in [0.15, 0.2) is 0 Å². The van der Waals surface area contributed by atoms with Crippen LogP contribution in [-0.2, 0) is 6.42 Å². The van der Waals surface area contributed by atoms with Crippen LogP contribution in [0.1, 0.15) is 12.7 Å². The Morgan fingerprint density at radius 2 is 2.25 bits per heavy atom. The molecule has 0 radical (unpaired) electrons. The molecule has 0 bridgehead atoms. The van der Waals surface area contributed by atoms with Gasteiger partial charge in [0.05, 0.1) is 0 Å². The van der Waals surface area contributed by atoms with Crippen molar-refractivity contribution in [2.75, 3.05) is 19.0 Å². The molecule has 0 aliphatic heterocycles. The lowest BCUT2D eigenvalue weighted by atomic mass is 10.4. The van der Waals surface area contributed by atoms with Crippen LogP contribution in [0.5, 0.6) is 0 Å². The molecule has 66 valence electrons. The second kappa shape index (κ2) is 3.38. The molecule has 4 nitrogen and oxygen atoms in total. The van der Waals surface area contributed by atoms with Gasteiger partial charge in [-0.3, -0.25) is 4.79 Å². The van der Waals surface area contributed by atoms with Gasteiger partial charge < -0.3 is 9.88 Å². The molecule has 0 saturated carbocycles. The zero-order valence-corrected chi connectivity index (χ0v) is 7.59. The van der Waals surface area contributed by atoms with Crippen molar-refractivity contribution in [3.8, 4) is 0 Å². The Labute approximate surface area is 71.3 Å². The molecule has 1 N–H and O–H groups in total. The average Bonchev–Trinajstić information content (AvgIpc) is 2.03. The molecule has 1 aromatic heterocycles. The molecule has 0 aliphatic carbocycles. The molecular weight excluding hydrogens is 154 g/mol. The van der Waals surface area contributed by atoms with Gasteiger partial charge in [-0.1, -0.05) is 6.92 Å². The van der Waals surface area contributed by atoms with E-state index in [1.165, 1.54) is 6.07 Å². The Balaban J connectivity index is 3.15. The standard InChI is InChI=1S/C8H13N3O/c1-4-6-9-7(11(2)3)5-8(12)10-6/h5H,4H2,1-3H3,(H,9,10,12). The highest BCUT2D eigenvalue weighted by Crippen LogP contribution is 2.02. The lowest BCUT2D eigenvalue weighted by Gasteiger charge is -2.10. The molecular formula is C8H13N3O. The van der Waals surface area contributed by atoms with Crippen LogP contribution in [0, 0.1) is 0 Å². The molecule has 0 fully saturated rings. The van der Waals surface area contributed by atoms with E-state index < -0.39 is 0 Å². The summed E-state index contributed by atoms with van der Waals surface area (Å²) in [5, 5.41) is 0. The Kier molecular flexibility index (Phi) is 2.47. The van der Waals surface area contributed by atoms with Crippen molar-refractivity contribution in [3.05, 3.63) is 22.2 Å². The van der Waals surface area contributed by atoms with Gasteiger partial charge in [-0.2, -0.15) is 0 Å². The van der Waals surface area contributed by atoms with Gasteiger partial charge in [-0.05, 0) is 0 Å². The first-order chi connectivity index (χ1) is 5.63. The van der Waals surface area contributed by atoms with Crippen LogP contribution in [0.25, 0.3) is 0 Å². The fourth-order valence-corrected chi connectivity index (χ4v) is 0.891. The van der Waals surface area contributed by atoms with Crippen molar-refractivity contribution in [2.45, 2.75) is 13.3 Å². The minimum atomic E-state index is -0.0921. The summed E-state index contributed by atoms with van der Waals surface area (Å²) < 4.78 is 0. The topological polar surface area (TPSA) is 49.0 Å².